The fourth-order valence-corrected chi connectivity index (χ4v) is 4.78. The van der Waals surface area contributed by atoms with E-state index in [2.05, 4.69) is 22.4 Å². The number of nitrogens with one attached hydrogen (secondary N) is 1. The van der Waals surface area contributed by atoms with Crippen molar-refractivity contribution in [2.24, 2.45) is 0 Å². The molecule has 1 aliphatic carbocycles. The van der Waals surface area contributed by atoms with E-state index in [0.29, 0.717) is 17.9 Å². The first-order valence-electron chi connectivity index (χ1n) is 8.26. The molecule has 2 unspecified atom stereocenters. The van der Waals surface area contributed by atoms with E-state index < -0.39 is 0 Å². The Kier molecular flexibility index (Phi) is 3.67. The number of rotatable bonds is 2. The monoisotopic (exact) mass is 305 g/mol. The third kappa shape index (κ3) is 2.59. The molecular weight excluding hydrogens is 282 g/mol. The molecule has 4 rings (SSSR count). The Morgan fingerprint density at radius 2 is 1.95 bits per heavy atom. The van der Waals surface area contributed by atoms with Gasteiger partial charge in [0.1, 0.15) is 5.01 Å². The van der Waals surface area contributed by atoms with Crippen LogP contribution in [0, 0.1) is 0 Å². The molecule has 21 heavy (non-hydrogen) atoms. The van der Waals surface area contributed by atoms with Crippen LogP contribution >= 0.6 is 11.3 Å². The molecule has 1 N–H and O–H groups in total. The summed E-state index contributed by atoms with van der Waals surface area (Å²) in [5, 5.41) is 18.5. The summed E-state index contributed by atoms with van der Waals surface area (Å²) >= 11 is 1.74. The highest BCUT2D eigenvalue weighted by atomic mass is 32.1. The van der Waals surface area contributed by atoms with Crippen molar-refractivity contribution in [2.45, 2.75) is 69.7 Å². The summed E-state index contributed by atoms with van der Waals surface area (Å²) in [5.41, 5.74) is 0. The third-order valence-electron chi connectivity index (χ3n) is 4.97. The van der Waals surface area contributed by atoms with Gasteiger partial charge < -0.3 is 5.32 Å². The Bertz CT molecular complexity index is 613. The van der Waals surface area contributed by atoms with Crippen LogP contribution in [-0.4, -0.2) is 32.4 Å². The molecule has 114 valence electrons. The second-order valence-corrected chi connectivity index (χ2v) is 7.59. The molecule has 5 nitrogen and oxygen atoms in total. The van der Waals surface area contributed by atoms with Gasteiger partial charge in [-0.2, -0.15) is 9.61 Å². The zero-order valence-corrected chi connectivity index (χ0v) is 13.4. The van der Waals surface area contributed by atoms with Gasteiger partial charge in [-0.15, -0.1) is 10.2 Å². The first kappa shape index (κ1) is 13.6. The van der Waals surface area contributed by atoms with Crippen molar-refractivity contribution in [3.05, 3.63) is 10.8 Å². The van der Waals surface area contributed by atoms with Gasteiger partial charge >= 0.3 is 0 Å². The van der Waals surface area contributed by atoms with E-state index in [1.165, 1.54) is 50.0 Å². The maximum absolute atomic E-state index is 4.89. The zero-order valence-electron chi connectivity index (χ0n) is 12.6. The van der Waals surface area contributed by atoms with Crippen LogP contribution in [0.1, 0.15) is 74.5 Å². The normalized spacial score (nSPS) is 28.2. The molecule has 2 atom stereocenters. The largest absolute Gasteiger partial charge is 0.314 e. The second-order valence-electron chi connectivity index (χ2n) is 6.60. The quantitative estimate of drug-likeness (QED) is 0.926. The molecule has 2 aromatic heterocycles. The van der Waals surface area contributed by atoms with Gasteiger partial charge in [-0.05, 0) is 39.2 Å². The lowest BCUT2D eigenvalue weighted by molar-refractivity contribution is 0.377. The molecule has 0 radical (unpaired) electrons. The minimum atomic E-state index is 0.565. The van der Waals surface area contributed by atoms with Gasteiger partial charge in [0.25, 0.3) is 0 Å². The molecule has 1 saturated heterocycles. The molecule has 1 aliphatic heterocycles. The van der Waals surface area contributed by atoms with Crippen LogP contribution in [0.2, 0.25) is 0 Å². The lowest BCUT2D eigenvalue weighted by Crippen LogP contribution is -2.34. The lowest BCUT2D eigenvalue weighted by Gasteiger charge is -2.26. The Morgan fingerprint density at radius 1 is 1.10 bits per heavy atom. The molecule has 2 aliphatic rings. The molecule has 2 aromatic rings. The number of fused-ring (bicyclic) bond motifs is 1. The third-order valence-corrected chi connectivity index (χ3v) is 6.04. The Labute approximate surface area is 129 Å². The number of hydrogen-bond acceptors (Lipinski definition) is 5. The Balaban J connectivity index is 1.62. The van der Waals surface area contributed by atoms with Crippen LogP contribution in [0.3, 0.4) is 0 Å². The molecule has 2 fully saturated rings. The minimum absolute atomic E-state index is 0.565. The summed E-state index contributed by atoms with van der Waals surface area (Å²) in [6, 6.07) is 0.593. The van der Waals surface area contributed by atoms with Gasteiger partial charge in [0, 0.05) is 17.9 Å². The fourth-order valence-electron chi connectivity index (χ4n) is 3.78. The molecule has 0 spiro atoms. The van der Waals surface area contributed by atoms with E-state index in [-0.39, 0.29) is 0 Å². The number of piperidine rings is 1. The van der Waals surface area contributed by atoms with Crippen molar-refractivity contribution in [3.63, 3.8) is 0 Å². The van der Waals surface area contributed by atoms with Crippen molar-refractivity contribution < 1.29 is 0 Å². The molecule has 0 amide bonds. The highest BCUT2D eigenvalue weighted by Crippen LogP contribution is 2.34. The average molecular weight is 305 g/mol. The standard InChI is InChI=1S/C15H23N5S/c1-10-9-12(7-8-16-10)14-19-20-13(17-18-15(20)21-14)11-5-3-2-4-6-11/h10-12,16H,2-9H2,1H3. The molecule has 0 bridgehead atoms. The maximum atomic E-state index is 4.89. The Morgan fingerprint density at radius 3 is 2.76 bits per heavy atom. The van der Waals surface area contributed by atoms with Crippen LogP contribution in [0.25, 0.3) is 4.96 Å². The van der Waals surface area contributed by atoms with Gasteiger partial charge in [-0.1, -0.05) is 30.6 Å². The van der Waals surface area contributed by atoms with Crippen LogP contribution < -0.4 is 5.32 Å². The van der Waals surface area contributed by atoms with E-state index in [9.17, 15) is 0 Å². The number of nitrogens with zero attached hydrogens (tertiary/aromatic N) is 4. The van der Waals surface area contributed by atoms with Crippen LogP contribution in [-0.2, 0) is 0 Å². The molecule has 1 saturated carbocycles. The highest BCUT2D eigenvalue weighted by molar-refractivity contribution is 7.16. The predicted octanol–water partition coefficient (Wildman–Crippen LogP) is 3.09. The lowest BCUT2D eigenvalue weighted by atomic mass is 9.89. The number of hydrogen-bond donors (Lipinski definition) is 1. The van der Waals surface area contributed by atoms with Gasteiger partial charge in [-0.3, -0.25) is 0 Å². The first-order valence-corrected chi connectivity index (χ1v) is 9.08. The van der Waals surface area contributed by atoms with Gasteiger partial charge in [0.15, 0.2) is 5.82 Å². The SMILES string of the molecule is CC1CC(c2nn3c(C4CCCCC4)nnc3s2)CCN1. The molecule has 6 heteroatoms. The van der Waals surface area contributed by atoms with Crippen molar-refractivity contribution in [1.82, 2.24) is 25.1 Å². The summed E-state index contributed by atoms with van der Waals surface area (Å²) in [6.07, 6.45) is 8.88. The Hall–Kier alpha value is -1.01. The van der Waals surface area contributed by atoms with Crippen molar-refractivity contribution in [3.8, 4) is 0 Å². The van der Waals surface area contributed by atoms with Gasteiger partial charge in [-0.25, -0.2) is 0 Å². The molecule has 3 heterocycles. The summed E-state index contributed by atoms with van der Waals surface area (Å²) in [7, 11) is 0. The van der Waals surface area contributed by atoms with E-state index in [1.54, 1.807) is 11.3 Å². The van der Waals surface area contributed by atoms with Crippen LogP contribution in [0.5, 0.6) is 0 Å². The summed E-state index contributed by atoms with van der Waals surface area (Å²) < 4.78 is 2.04. The summed E-state index contributed by atoms with van der Waals surface area (Å²) in [4.78, 5) is 0.983. The average Bonchev–Trinajstić information content (AvgIpc) is 3.08. The first-order chi connectivity index (χ1) is 10.3. The summed E-state index contributed by atoms with van der Waals surface area (Å²) in [6.45, 7) is 3.36. The fraction of sp³-hybridized carbons (Fsp3) is 0.800. The predicted molar refractivity (Wildman–Crippen MR) is 83.9 cm³/mol. The second kappa shape index (κ2) is 5.65. The van der Waals surface area contributed by atoms with Gasteiger partial charge in [0.05, 0.1) is 0 Å². The smallest absolute Gasteiger partial charge is 0.234 e. The van der Waals surface area contributed by atoms with E-state index in [4.69, 9.17) is 5.10 Å². The topological polar surface area (TPSA) is 55.1 Å². The molecular formula is C15H23N5S. The minimum Gasteiger partial charge on any atom is -0.314 e. The molecule has 0 aromatic carbocycles. The highest BCUT2D eigenvalue weighted by Gasteiger charge is 2.26. The van der Waals surface area contributed by atoms with Crippen molar-refractivity contribution >= 4 is 16.3 Å². The maximum Gasteiger partial charge on any atom is 0.234 e. The van der Waals surface area contributed by atoms with E-state index in [0.717, 1.165) is 17.3 Å². The number of aromatic nitrogens is 4. The zero-order chi connectivity index (χ0) is 14.2. The van der Waals surface area contributed by atoms with E-state index in [1.807, 2.05) is 4.52 Å². The summed E-state index contributed by atoms with van der Waals surface area (Å²) in [5.74, 6) is 2.26. The van der Waals surface area contributed by atoms with Crippen LogP contribution in [0.4, 0.5) is 0 Å². The van der Waals surface area contributed by atoms with E-state index >= 15 is 0 Å². The van der Waals surface area contributed by atoms with Crippen molar-refractivity contribution in [1.29, 1.82) is 0 Å². The van der Waals surface area contributed by atoms with Crippen LogP contribution in [0.15, 0.2) is 0 Å². The van der Waals surface area contributed by atoms with Crippen molar-refractivity contribution in [2.75, 3.05) is 6.54 Å². The van der Waals surface area contributed by atoms with Gasteiger partial charge in [0.2, 0.25) is 4.96 Å².